The number of benzene rings is 2. The second-order valence-electron chi connectivity index (χ2n) is 3.38. The highest BCUT2D eigenvalue weighted by molar-refractivity contribution is 5.63. The molecule has 0 aliphatic carbocycles. The highest BCUT2D eigenvalue weighted by Crippen LogP contribution is 2.20. The summed E-state index contributed by atoms with van der Waals surface area (Å²) in [5, 5.41) is 0. The van der Waals surface area contributed by atoms with E-state index in [9.17, 15) is 4.39 Å². The fraction of sp³-hybridized carbons (Fsp3) is 0.0769. The van der Waals surface area contributed by atoms with Crippen LogP contribution in [-0.2, 0) is 0 Å². The van der Waals surface area contributed by atoms with E-state index in [-0.39, 0.29) is 5.82 Å². The van der Waals surface area contributed by atoms with E-state index in [1.165, 1.54) is 17.7 Å². The van der Waals surface area contributed by atoms with Crippen LogP contribution < -0.4 is 0 Å². The molecule has 1 heteroatoms. The summed E-state index contributed by atoms with van der Waals surface area (Å²) >= 11 is 0. The van der Waals surface area contributed by atoms with Crippen molar-refractivity contribution in [3.05, 3.63) is 59.9 Å². The molecule has 0 saturated carbocycles. The standard InChI is InChI=1S/C13H11F/c1-10-3-2-4-12(9-10)11-5-7-13(14)8-6-11/h2-9H,1H3/i14-1. The molecule has 0 amide bonds. The topological polar surface area (TPSA) is 0 Å². The van der Waals surface area contributed by atoms with Crippen molar-refractivity contribution in [1.29, 1.82) is 0 Å². The maximum absolute atomic E-state index is 12.7. The van der Waals surface area contributed by atoms with Gasteiger partial charge in [0, 0.05) is 0 Å². The van der Waals surface area contributed by atoms with Crippen LogP contribution in [0.4, 0.5) is 4.39 Å². The average Bonchev–Trinajstić information content (AvgIpc) is 2.19. The zero-order valence-corrected chi connectivity index (χ0v) is 8.00. The molecular formula is C13H11F. The van der Waals surface area contributed by atoms with Crippen molar-refractivity contribution < 1.29 is 4.39 Å². The van der Waals surface area contributed by atoms with Crippen molar-refractivity contribution in [2.75, 3.05) is 0 Å². The fourth-order valence-corrected chi connectivity index (χ4v) is 1.47. The first-order valence-electron chi connectivity index (χ1n) is 4.58. The summed E-state index contributed by atoms with van der Waals surface area (Å²) in [6.45, 7) is 2.05. The lowest BCUT2D eigenvalue weighted by Gasteiger charge is -2.02. The molecule has 0 unspecified atom stereocenters. The van der Waals surface area contributed by atoms with Gasteiger partial charge < -0.3 is 0 Å². The Kier molecular flexibility index (Phi) is 2.32. The molecule has 0 nitrogen and oxygen atoms in total. The van der Waals surface area contributed by atoms with Crippen molar-refractivity contribution in [1.82, 2.24) is 0 Å². The van der Waals surface area contributed by atoms with Crippen molar-refractivity contribution >= 4 is 0 Å². The smallest absolute Gasteiger partial charge is 0.123 e. The van der Waals surface area contributed by atoms with Gasteiger partial charge in [0.15, 0.2) is 0 Å². The van der Waals surface area contributed by atoms with E-state index in [4.69, 9.17) is 0 Å². The predicted molar refractivity (Wildman–Crippen MR) is 56.6 cm³/mol. The van der Waals surface area contributed by atoms with Gasteiger partial charge in [-0.25, -0.2) is 4.39 Å². The SMILES string of the molecule is Cc1cccc(-c2ccc([18F])cc2)c1. The van der Waals surface area contributed by atoms with Gasteiger partial charge in [0.05, 0.1) is 0 Å². The van der Waals surface area contributed by atoms with E-state index in [1.54, 1.807) is 12.1 Å². The third-order valence-corrected chi connectivity index (χ3v) is 2.20. The number of aryl methyl sites for hydroxylation is 1. The van der Waals surface area contributed by atoms with E-state index in [0.717, 1.165) is 11.1 Å². The summed E-state index contributed by atoms with van der Waals surface area (Å²) in [5.41, 5.74) is 3.40. The number of hydrogen-bond acceptors (Lipinski definition) is 0. The van der Waals surface area contributed by atoms with Gasteiger partial charge in [0.1, 0.15) is 5.82 Å². The highest BCUT2D eigenvalue weighted by Gasteiger charge is 1.97. The van der Waals surface area contributed by atoms with Crippen LogP contribution in [0.1, 0.15) is 5.56 Å². The molecule has 2 aromatic carbocycles. The molecule has 2 rings (SSSR count). The molecule has 0 aliphatic heterocycles. The van der Waals surface area contributed by atoms with Crippen LogP contribution in [0.25, 0.3) is 11.1 Å². The predicted octanol–water partition coefficient (Wildman–Crippen LogP) is 3.80. The van der Waals surface area contributed by atoms with Crippen molar-refractivity contribution in [3.63, 3.8) is 0 Å². The molecule has 0 bridgehead atoms. The first kappa shape index (κ1) is 8.95. The average molecular weight is 185 g/mol. The first-order chi connectivity index (χ1) is 6.75. The molecule has 0 fully saturated rings. The quantitative estimate of drug-likeness (QED) is 0.634. The van der Waals surface area contributed by atoms with Crippen LogP contribution in [-0.4, -0.2) is 0 Å². The summed E-state index contributed by atoms with van der Waals surface area (Å²) in [6, 6.07) is 14.7. The second kappa shape index (κ2) is 3.62. The lowest BCUT2D eigenvalue weighted by molar-refractivity contribution is 0.628. The Morgan fingerprint density at radius 3 is 2.21 bits per heavy atom. The van der Waals surface area contributed by atoms with E-state index in [2.05, 4.69) is 6.07 Å². The molecule has 0 heterocycles. The van der Waals surface area contributed by atoms with Crippen molar-refractivity contribution in [2.45, 2.75) is 6.92 Å². The number of hydrogen-bond donors (Lipinski definition) is 0. The van der Waals surface area contributed by atoms with E-state index in [0.29, 0.717) is 0 Å². The monoisotopic (exact) mass is 185 g/mol. The molecule has 0 radical (unpaired) electrons. The van der Waals surface area contributed by atoms with E-state index < -0.39 is 0 Å². The second-order valence-corrected chi connectivity index (χ2v) is 3.38. The Labute approximate surface area is 83.0 Å². The minimum atomic E-state index is -0.193. The van der Waals surface area contributed by atoms with Crippen LogP contribution in [0.3, 0.4) is 0 Å². The van der Waals surface area contributed by atoms with E-state index >= 15 is 0 Å². The highest BCUT2D eigenvalue weighted by atomic mass is 18.2. The molecule has 2 aromatic rings. The zero-order chi connectivity index (χ0) is 9.97. The summed E-state index contributed by atoms with van der Waals surface area (Å²) < 4.78 is 12.7. The Morgan fingerprint density at radius 2 is 1.57 bits per heavy atom. The molecular weight excluding hydrogens is 174 g/mol. The maximum Gasteiger partial charge on any atom is 0.123 e. The molecule has 0 saturated heterocycles. The van der Waals surface area contributed by atoms with Crippen LogP contribution in [0.5, 0.6) is 0 Å². The Morgan fingerprint density at radius 1 is 0.857 bits per heavy atom. The Hall–Kier alpha value is -1.63. The van der Waals surface area contributed by atoms with Gasteiger partial charge in [-0.05, 0) is 30.2 Å². The summed E-state index contributed by atoms with van der Waals surface area (Å²) in [7, 11) is 0. The van der Waals surface area contributed by atoms with Gasteiger partial charge in [-0.3, -0.25) is 0 Å². The number of halogens is 1. The summed E-state index contributed by atoms with van der Waals surface area (Å²) in [4.78, 5) is 0. The van der Waals surface area contributed by atoms with Gasteiger partial charge >= 0.3 is 0 Å². The molecule has 14 heavy (non-hydrogen) atoms. The van der Waals surface area contributed by atoms with Crippen molar-refractivity contribution in [2.24, 2.45) is 0 Å². The Balaban J connectivity index is 2.44. The van der Waals surface area contributed by atoms with E-state index in [1.807, 2.05) is 25.1 Å². The van der Waals surface area contributed by atoms with Gasteiger partial charge in [0.25, 0.3) is 0 Å². The molecule has 0 spiro atoms. The third kappa shape index (κ3) is 1.82. The van der Waals surface area contributed by atoms with Crippen LogP contribution >= 0.6 is 0 Å². The third-order valence-electron chi connectivity index (χ3n) is 2.20. The summed E-state index contributed by atoms with van der Waals surface area (Å²) in [6.07, 6.45) is 0. The van der Waals surface area contributed by atoms with Gasteiger partial charge in [-0.15, -0.1) is 0 Å². The van der Waals surface area contributed by atoms with Crippen LogP contribution in [0.15, 0.2) is 48.5 Å². The first-order valence-corrected chi connectivity index (χ1v) is 4.58. The van der Waals surface area contributed by atoms with Crippen LogP contribution in [0.2, 0.25) is 0 Å². The molecule has 70 valence electrons. The largest absolute Gasteiger partial charge is 0.207 e. The van der Waals surface area contributed by atoms with Gasteiger partial charge in [0.2, 0.25) is 0 Å². The zero-order valence-electron chi connectivity index (χ0n) is 8.00. The molecule has 0 aromatic heterocycles. The van der Waals surface area contributed by atoms with Gasteiger partial charge in [-0.2, -0.15) is 0 Å². The maximum atomic E-state index is 12.7. The van der Waals surface area contributed by atoms with Crippen molar-refractivity contribution in [3.8, 4) is 11.1 Å². The number of rotatable bonds is 1. The van der Waals surface area contributed by atoms with Gasteiger partial charge in [-0.1, -0.05) is 42.0 Å². The van der Waals surface area contributed by atoms with Crippen LogP contribution in [0, 0.1) is 12.7 Å². The molecule has 0 atom stereocenters. The lowest BCUT2D eigenvalue weighted by atomic mass is 10.0. The fourth-order valence-electron chi connectivity index (χ4n) is 1.47. The summed E-state index contributed by atoms with van der Waals surface area (Å²) in [5.74, 6) is -0.193. The minimum absolute atomic E-state index is 0.193. The Bertz CT molecular complexity index is 429. The normalized spacial score (nSPS) is 10.1. The minimum Gasteiger partial charge on any atom is -0.207 e. The molecule has 0 aliphatic rings. The molecule has 0 N–H and O–H groups in total. The lowest BCUT2D eigenvalue weighted by Crippen LogP contribution is -1.79.